The number of aromatic nitrogens is 3. The summed E-state index contributed by atoms with van der Waals surface area (Å²) in [6, 6.07) is 1.79. The lowest BCUT2D eigenvalue weighted by Crippen LogP contribution is -2.26. The number of aryl methyl sites for hydroxylation is 2. The molecule has 0 radical (unpaired) electrons. The third-order valence-corrected chi connectivity index (χ3v) is 3.54. The first-order chi connectivity index (χ1) is 9.49. The van der Waals surface area contributed by atoms with Crippen LogP contribution in [0.4, 0.5) is 0 Å². The summed E-state index contributed by atoms with van der Waals surface area (Å²) in [4.78, 5) is 31.1. The largest absolute Gasteiger partial charge is 0.451 e. The summed E-state index contributed by atoms with van der Waals surface area (Å²) in [5.41, 5.74) is 0.735. The zero-order chi connectivity index (χ0) is 14.3. The molecule has 0 saturated heterocycles. The number of fused-ring (bicyclic) bond motifs is 1. The molecule has 0 saturated carbocycles. The Kier molecular flexibility index (Phi) is 2.74. The van der Waals surface area contributed by atoms with Gasteiger partial charge in [-0.05, 0) is 19.9 Å². The third kappa shape index (κ3) is 1.93. The number of carbonyl (C=O) groups is 1. The van der Waals surface area contributed by atoms with Crippen molar-refractivity contribution < 1.29 is 9.53 Å². The van der Waals surface area contributed by atoms with Crippen LogP contribution in [0.15, 0.2) is 29.6 Å². The number of pyridine rings is 1. The number of ether oxygens (including phenoxy) is 1. The summed E-state index contributed by atoms with van der Waals surface area (Å²) in [6.07, 6.45) is 5.68. The molecule has 0 aliphatic carbocycles. The van der Waals surface area contributed by atoms with E-state index in [1.165, 1.54) is 4.57 Å². The fourth-order valence-electron chi connectivity index (χ4n) is 2.45. The standard InChI is InChI=1S/C14H15N3O3/c1-14(2)10-4-6-17(5-3-9-7-15-8-16-9)12(18)11(10)13(19)20-14/h4,6-8H,3,5H2,1-2H3,(H,15,16). The average molecular weight is 273 g/mol. The van der Waals surface area contributed by atoms with Crippen LogP contribution in [0.5, 0.6) is 0 Å². The van der Waals surface area contributed by atoms with Crippen LogP contribution >= 0.6 is 0 Å². The van der Waals surface area contributed by atoms with Crippen molar-refractivity contribution in [2.45, 2.75) is 32.4 Å². The lowest BCUT2D eigenvalue weighted by Gasteiger charge is -2.17. The lowest BCUT2D eigenvalue weighted by atomic mass is 9.97. The molecule has 0 amide bonds. The van der Waals surface area contributed by atoms with E-state index in [1.54, 1.807) is 38.6 Å². The molecule has 104 valence electrons. The number of aromatic amines is 1. The van der Waals surface area contributed by atoms with Gasteiger partial charge in [0, 0.05) is 36.6 Å². The van der Waals surface area contributed by atoms with Gasteiger partial charge >= 0.3 is 5.97 Å². The number of hydrogen-bond acceptors (Lipinski definition) is 4. The van der Waals surface area contributed by atoms with Crippen LogP contribution < -0.4 is 5.56 Å². The maximum absolute atomic E-state index is 12.4. The molecule has 0 fully saturated rings. The van der Waals surface area contributed by atoms with Gasteiger partial charge in [-0.25, -0.2) is 9.78 Å². The average Bonchev–Trinajstić information content (AvgIpc) is 2.96. The monoisotopic (exact) mass is 273 g/mol. The molecule has 1 aliphatic heterocycles. The molecule has 0 bridgehead atoms. The van der Waals surface area contributed by atoms with E-state index < -0.39 is 11.6 Å². The van der Waals surface area contributed by atoms with Crippen molar-refractivity contribution in [2.24, 2.45) is 0 Å². The van der Waals surface area contributed by atoms with E-state index in [0.717, 1.165) is 5.69 Å². The fourth-order valence-corrected chi connectivity index (χ4v) is 2.45. The number of cyclic esters (lactones) is 1. The SMILES string of the molecule is CC1(C)OC(=O)c2c1ccn(CCc1cnc[nH]1)c2=O. The van der Waals surface area contributed by atoms with Gasteiger partial charge in [-0.15, -0.1) is 0 Å². The maximum Gasteiger partial charge on any atom is 0.345 e. The Morgan fingerprint density at radius 1 is 1.40 bits per heavy atom. The zero-order valence-electron chi connectivity index (χ0n) is 11.3. The van der Waals surface area contributed by atoms with E-state index in [4.69, 9.17) is 4.74 Å². The first-order valence-corrected chi connectivity index (χ1v) is 6.43. The molecular weight excluding hydrogens is 258 g/mol. The Hall–Kier alpha value is -2.37. The maximum atomic E-state index is 12.4. The molecule has 0 atom stereocenters. The molecule has 20 heavy (non-hydrogen) atoms. The Labute approximate surface area is 115 Å². The molecule has 2 aromatic rings. The molecule has 2 aromatic heterocycles. The predicted molar refractivity (Wildman–Crippen MR) is 71.4 cm³/mol. The number of H-pyrrole nitrogens is 1. The van der Waals surface area contributed by atoms with Gasteiger partial charge in [0.1, 0.15) is 11.2 Å². The van der Waals surface area contributed by atoms with Gasteiger partial charge in [0.25, 0.3) is 5.56 Å². The molecule has 0 spiro atoms. The molecular formula is C14H15N3O3. The van der Waals surface area contributed by atoms with Crippen molar-refractivity contribution in [1.82, 2.24) is 14.5 Å². The van der Waals surface area contributed by atoms with Crippen LogP contribution in [0.25, 0.3) is 0 Å². The molecule has 1 aliphatic rings. The minimum atomic E-state index is -0.728. The van der Waals surface area contributed by atoms with Gasteiger partial charge in [-0.3, -0.25) is 4.79 Å². The van der Waals surface area contributed by atoms with E-state index in [9.17, 15) is 9.59 Å². The number of carbonyl (C=O) groups excluding carboxylic acids is 1. The zero-order valence-corrected chi connectivity index (χ0v) is 11.3. The summed E-state index contributed by atoms with van der Waals surface area (Å²) >= 11 is 0. The summed E-state index contributed by atoms with van der Waals surface area (Å²) in [7, 11) is 0. The molecule has 3 heterocycles. The number of nitrogens with one attached hydrogen (secondary N) is 1. The fraction of sp³-hybridized carbons (Fsp3) is 0.357. The van der Waals surface area contributed by atoms with Crippen molar-refractivity contribution in [1.29, 1.82) is 0 Å². The molecule has 0 unspecified atom stereocenters. The second kappa shape index (κ2) is 4.33. The minimum absolute atomic E-state index is 0.155. The number of rotatable bonds is 3. The smallest absolute Gasteiger partial charge is 0.345 e. The first-order valence-electron chi connectivity index (χ1n) is 6.43. The van der Waals surface area contributed by atoms with E-state index in [-0.39, 0.29) is 11.1 Å². The van der Waals surface area contributed by atoms with Gasteiger partial charge < -0.3 is 14.3 Å². The summed E-state index contributed by atoms with van der Waals surface area (Å²) < 4.78 is 6.77. The topological polar surface area (TPSA) is 77.0 Å². The van der Waals surface area contributed by atoms with Gasteiger partial charge in [0.2, 0.25) is 0 Å². The Morgan fingerprint density at radius 3 is 2.90 bits per heavy atom. The highest BCUT2D eigenvalue weighted by molar-refractivity contribution is 5.94. The first kappa shape index (κ1) is 12.7. The number of hydrogen-bond donors (Lipinski definition) is 1. The van der Waals surface area contributed by atoms with Gasteiger partial charge in [-0.1, -0.05) is 0 Å². The highest BCUT2D eigenvalue weighted by Gasteiger charge is 2.40. The second-order valence-corrected chi connectivity index (χ2v) is 5.33. The van der Waals surface area contributed by atoms with E-state index in [0.29, 0.717) is 18.5 Å². The van der Waals surface area contributed by atoms with Crippen LogP contribution in [0.1, 0.15) is 35.5 Å². The summed E-state index contributed by atoms with van der Waals surface area (Å²) in [6.45, 7) is 4.05. The highest BCUT2D eigenvalue weighted by Crippen LogP contribution is 2.33. The Morgan fingerprint density at radius 2 is 2.20 bits per heavy atom. The van der Waals surface area contributed by atoms with Gasteiger partial charge in [0.05, 0.1) is 6.33 Å². The van der Waals surface area contributed by atoms with Crippen molar-refractivity contribution in [2.75, 3.05) is 0 Å². The molecule has 0 aromatic carbocycles. The number of imidazole rings is 1. The van der Waals surface area contributed by atoms with Crippen LogP contribution in [0, 0.1) is 0 Å². The molecule has 3 rings (SSSR count). The van der Waals surface area contributed by atoms with Gasteiger partial charge in [0.15, 0.2) is 0 Å². The van der Waals surface area contributed by atoms with Crippen LogP contribution in [-0.4, -0.2) is 20.5 Å². The normalized spacial score (nSPS) is 16.0. The molecule has 6 heteroatoms. The summed E-state index contributed by atoms with van der Waals surface area (Å²) in [5, 5.41) is 0. The van der Waals surface area contributed by atoms with Crippen molar-refractivity contribution in [3.63, 3.8) is 0 Å². The van der Waals surface area contributed by atoms with Crippen LogP contribution in [0.2, 0.25) is 0 Å². The van der Waals surface area contributed by atoms with E-state index in [2.05, 4.69) is 9.97 Å². The van der Waals surface area contributed by atoms with E-state index >= 15 is 0 Å². The third-order valence-electron chi connectivity index (χ3n) is 3.54. The highest BCUT2D eigenvalue weighted by atomic mass is 16.6. The lowest BCUT2D eigenvalue weighted by molar-refractivity contribution is 0.00949. The number of nitrogens with zero attached hydrogens (tertiary/aromatic N) is 2. The quantitative estimate of drug-likeness (QED) is 0.853. The second-order valence-electron chi connectivity index (χ2n) is 5.33. The summed E-state index contributed by atoms with van der Waals surface area (Å²) in [5.74, 6) is -0.536. The van der Waals surface area contributed by atoms with Crippen molar-refractivity contribution >= 4 is 5.97 Å². The van der Waals surface area contributed by atoms with Crippen molar-refractivity contribution in [3.05, 3.63) is 52.0 Å². The van der Waals surface area contributed by atoms with Crippen LogP contribution in [0.3, 0.4) is 0 Å². The van der Waals surface area contributed by atoms with Crippen molar-refractivity contribution in [3.8, 4) is 0 Å². The molecule has 1 N–H and O–H groups in total. The van der Waals surface area contributed by atoms with Crippen LogP contribution in [-0.2, 0) is 23.3 Å². The Balaban J connectivity index is 1.94. The predicted octanol–water partition coefficient (Wildman–Crippen LogP) is 1.22. The van der Waals surface area contributed by atoms with E-state index in [1.807, 2.05) is 0 Å². The van der Waals surface area contributed by atoms with Gasteiger partial charge in [-0.2, -0.15) is 0 Å². The Bertz CT molecular complexity index is 714. The molecule has 6 nitrogen and oxygen atoms in total. The number of esters is 1. The minimum Gasteiger partial charge on any atom is -0.451 e.